The molecule has 3 nitrogen and oxygen atoms in total. The van der Waals surface area contributed by atoms with E-state index in [1.807, 2.05) is 78.9 Å². The van der Waals surface area contributed by atoms with Gasteiger partial charge in [0.2, 0.25) is 0 Å². The van der Waals surface area contributed by atoms with Crippen molar-refractivity contribution in [3.8, 4) is 28.0 Å². The maximum atomic E-state index is 13.1. The van der Waals surface area contributed by atoms with Gasteiger partial charge in [0.05, 0.1) is 17.8 Å². The SMILES string of the molecule is COc1ccc(-c2ccc(Cl)cc2)cc1CS(=O)(=O)c1ccc(-c2ccccc2)cc1. The predicted octanol–water partition coefficient (Wildman–Crippen LogP) is 6.66. The third-order valence-electron chi connectivity index (χ3n) is 5.12. The van der Waals surface area contributed by atoms with E-state index in [1.54, 1.807) is 25.3 Å². The minimum absolute atomic E-state index is 0.151. The van der Waals surface area contributed by atoms with Crippen LogP contribution in [0.2, 0.25) is 5.02 Å². The van der Waals surface area contributed by atoms with Crippen molar-refractivity contribution >= 4 is 21.4 Å². The van der Waals surface area contributed by atoms with Crippen molar-refractivity contribution in [2.24, 2.45) is 0 Å². The quantitative estimate of drug-likeness (QED) is 0.331. The summed E-state index contributed by atoms with van der Waals surface area (Å²) in [7, 11) is -2.01. The van der Waals surface area contributed by atoms with Crippen molar-refractivity contribution in [1.82, 2.24) is 0 Å². The summed E-state index contributed by atoms with van der Waals surface area (Å²) in [6, 6.07) is 29.9. The molecule has 0 radical (unpaired) electrons. The number of benzene rings is 4. The highest BCUT2D eigenvalue weighted by molar-refractivity contribution is 7.90. The molecule has 0 aliphatic rings. The number of hydrogen-bond acceptors (Lipinski definition) is 3. The average molecular weight is 449 g/mol. The van der Waals surface area contributed by atoms with E-state index in [4.69, 9.17) is 16.3 Å². The van der Waals surface area contributed by atoms with Gasteiger partial charge in [0, 0.05) is 10.6 Å². The Balaban J connectivity index is 1.64. The third kappa shape index (κ3) is 4.82. The predicted molar refractivity (Wildman–Crippen MR) is 126 cm³/mol. The standard InChI is InChI=1S/C26H21ClO3S/c1-30-26-16-11-22(21-7-12-24(27)13-8-21)17-23(26)18-31(28,29)25-14-9-20(10-15-25)19-5-3-2-4-6-19/h2-17H,18H2,1H3. The second-order valence-corrected chi connectivity index (χ2v) is 9.61. The van der Waals surface area contributed by atoms with E-state index in [0.717, 1.165) is 22.3 Å². The van der Waals surface area contributed by atoms with Crippen molar-refractivity contribution in [3.63, 3.8) is 0 Å². The Hall–Kier alpha value is -3.08. The first-order chi connectivity index (χ1) is 15.0. The van der Waals surface area contributed by atoms with Gasteiger partial charge >= 0.3 is 0 Å². The van der Waals surface area contributed by atoms with E-state index < -0.39 is 9.84 Å². The summed E-state index contributed by atoms with van der Waals surface area (Å²) in [6.45, 7) is 0. The third-order valence-corrected chi connectivity index (χ3v) is 7.06. The van der Waals surface area contributed by atoms with Gasteiger partial charge in [-0.25, -0.2) is 8.42 Å². The van der Waals surface area contributed by atoms with Crippen LogP contribution in [0, 0.1) is 0 Å². The van der Waals surface area contributed by atoms with Gasteiger partial charge in [-0.2, -0.15) is 0 Å². The van der Waals surface area contributed by atoms with Crippen molar-refractivity contribution in [2.45, 2.75) is 10.6 Å². The lowest BCUT2D eigenvalue weighted by molar-refractivity contribution is 0.411. The molecule has 0 bridgehead atoms. The number of hydrogen-bond donors (Lipinski definition) is 0. The molecule has 0 saturated carbocycles. The van der Waals surface area contributed by atoms with Crippen molar-refractivity contribution < 1.29 is 13.2 Å². The van der Waals surface area contributed by atoms with E-state index in [2.05, 4.69) is 0 Å². The van der Waals surface area contributed by atoms with Gasteiger partial charge in [0.25, 0.3) is 0 Å². The normalized spacial score (nSPS) is 11.3. The summed E-state index contributed by atoms with van der Waals surface area (Å²) >= 11 is 5.98. The number of ether oxygens (including phenoxy) is 1. The van der Waals surface area contributed by atoms with E-state index in [0.29, 0.717) is 16.3 Å². The van der Waals surface area contributed by atoms with Crippen LogP contribution in [0.1, 0.15) is 5.56 Å². The van der Waals surface area contributed by atoms with Crippen molar-refractivity contribution in [3.05, 3.63) is 108 Å². The molecule has 0 saturated heterocycles. The fraction of sp³-hybridized carbons (Fsp3) is 0.0769. The lowest BCUT2D eigenvalue weighted by Gasteiger charge is -2.12. The Morgan fingerprint density at radius 3 is 1.90 bits per heavy atom. The maximum absolute atomic E-state index is 13.1. The van der Waals surface area contributed by atoms with Crippen LogP contribution in [0.4, 0.5) is 0 Å². The maximum Gasteiger partial charge on any atom is 0.182 e. The fourth-order valence-corrected chi connectivity index (χ4v) is 4.97. The second kappa shape index (κ2) is 8.96. The van der Waals surface area contributed by atoms with E-state index in [9.17, 15) is 8.42 Å². The summed E-state index contributed by atoms with van der Waals surface area (Å²) in [5, 5.41) is 0.652. The van der Waals surface area contributed by atoms with Crippen LogP contribution in [-0.2, 0) is 15.6 Å². The molecule has 0 unspecified atom stereocenters. The minimum Gasteiger partial charge on any atom is -0.496 e. The van der Waals surface area contributed by atoms with Crippen LogP contribution in [0.25, 0.3) is 22.3 Å². The van der Waals surface area contributed by atoms with Gasteiger partial charge in [-0.1, -0.05) is 72.3 Å². The highest BCUT2D eigenvalue weighted by Gasteiger charge is 2.19. The summed E-state index contributed by atoms with van der Waals surface area (Å²) in [5.74, 6) is 0.393. The number of rotatable bonds is 6. The zero-order valence-electron chi connectivity index (χ0n) is 17.0. The largest absolute Gasteiger partial charge is 0.496 e. The number of halogens is 1. The molecular weight excluding hydrogens is 428 g/mol. The first-order valence-corrected chi connectivity index (χ1v) is 11.8. The van der Waals surface area contributed by atoms with Crippen LogP contribution >= 0.6 is 11.6 Å². The van der Waals surface area contributed by atoms with Gasteiger partial charge in [-0.3, -0.25) is 0 Å². The molecule has 0 heterocycles. The molecule has 0 aliphatic heterocycles. The first kappa shape index (κ1) is 21.2. The average Bonchev–Trinajstić information content (AvgIpc) is 2.80. The van der Waals surface area contributed by atoms with Crippen LogP contribution < -0.4 is 4.74 Å². The molecular formula is C26H21ClO3S. The van der Waals surface area contributed by atoms with E-state index in [-0.39, 0.29) is 10.6 Å². The zero-order valence-corrected chi connectivity index (χ0v) is 18.5. The van der Waals surface area contributed by atoms with Crippen LogP contribution in [0.3, 0.4) is 0 Å². The molecule has 0 fully saturated rings. The van der Waals surface area contributed by atoms with E-state index >= 15 is 0 Å². The summed E-state index contributed by atoms with van der Waals surface area (Å²) in [4.78, 5) is 0.283. The van der Waals surface area contributed by atoms with Gasteiger partial charge in [0.15, 0.2) is 9.84 Å². The van der Waals surface area contributed by atoms with Gasteiger partial charge in [-0.15, -0.1) is 0 Å². The Morgan fingerprint density at radius 2 is 1.26 bits per heavy atom. The fourth-order valence-electron chi connectivity index (χ4n) is 3.49. The molecule has 0 atom stereocenters. The lowest BCUT2D eigenvalue weighted by Crippen LogP contribution is -2.06. The molecule has 4 aromatic carbocycles. The summed E-state index contributed by atoms with van der Waals surface area (Å²) < 4.78 is 31.7. The van der Waals surface area contributed by atoms with Crippen LogP contribution in [0.15, 0.2) is 102 Å². The molecule has 0 spiro atoms. The van der Waals surface area contributed by atoms with Crippen molar-refractivity contribution in [2.75, 3.05) is 7.11 Å². The molecule has 0 aliphatic carbocycles. The molecule has 0 N–H and O–H groups in total. The Morgan fingerprint density at radius 1 is 0.710 bits per heavy atom. The van der Waals surface area contributed by atoms with Crippen molar-refractivity contribution in [1.29, 1.82) is 0 Å². The molecule has 31 heavy (non-hydrogen) atoms. The van der Waals surface area contributed by atoms with E-state index in [1.165, 1.54) is 0 Å². The van der Waals surface area contributed by atoms with Crippen LogP contribution in [-0.4, -0.2) is 15.5 Å². The molecule has 4 rings (SSSR count). The highest BCUT2D eigenvalue weighted by Crippen LogP contribution is 2.31. The molecule has 0 aromatic heterocycles. The lowest BCUT2D eigenvalue weighted by atomic mass is 10.0. The molecule has 4 aromatic rings. The molecule has 0 amide bonds. The smallest absolute Gasteiger partial charge is 0.182 e. The summed E-state index contributed by atoms with van der Waals surface area (Å²) in [6.07, 6.45) is 0. The Bertz CT molecular complexity index is 1280. The zero-order chi connectivity index (χ0) is 21.8. The van der Waals surface area contributed by atoms with Crippen LogP contribution in [0.5, 0.6) is 5.75 Å². The Kier molecular flexibility index (Phi) is 6.12. The number of sulfone groups is 1. The second-order valence-electron chi connectivity index (χ2n) is 7.18. The minimum atomic E-state index is -3.55. The van der Waals surface area contributed by atoms with Gasteiger partial charge in [-0.05, 0) is 58.7 Å². The van der Waals surface area contributed by atoms with Gasteiger partial charge < -0.3 is 4.74 Å². The summed E-state index contributed by atoms with van der Waals surface area (Å²) in [5.41, 5.74) is 4.49. The molecule has 156 valence electrons. The topological polar surface area (TPSA) is 43.4 Å². The number of methoxy groups -OCH3 is 1. The first-order valence-electron chi connectivity index (χ1n) is 9.77. The monoisotopic (exact) mass is 448 g/mol. The van der Waals surface area contributed by atoms with Gasteiger partial charge in [0.1, 0.15) is 5.75 Å². The molecule has 5 heteroatoms. The highest BCUT2D eigenvalue weighted by atomic mass is 35.5. The Labute approximate surface area is 187 Å².